The Balaban J connectivity index is 1.69. The highest BCUT2D eigenvalue weighted by Gasteiger charge is 2.31. The van der Waals surface area contributed by atoms with Crippen LogP contribution in [0.1, 0.15) is 37.1 Å². The van der Waals surface area contributed by atoms with Gasteiger partial charge in [0.2, 0.25) is 5.91 Å². The summed E-state index contributed by atoms with van der Waals surface area (Å²) in [5, 5.41) is 5.34. The van der Waals surface area contributed by atoms with Crippen LogP contribution in [0.3, 0.4) is 0 Å². The molecule has 2 heterocycles. The number of carbonyl (C=O) groups excluding carboxylic acids is 2. The monoisotopic (exact) mass is 360 g/mol. The molecule has 0 radical (unpaired) electrons. The molecule has 2 aromatic rings. The van der Waals surface area contributed by atoms with E-state index >= 15 is 0 Å². The van der Waals surface area contributed by atoms with Crippen molar-refractivity contribution in [1.82, 2.24) is 15.2 Å². The lowest BCUT2D eigenvalue weighted by molar-refractivity contribution is -0.122. The zero-order valence-corrected chi connectivity index (χ0v) is 14.3. The Hall–Kier alpha value is -3.03. The summed E-state index contributed by atoms with van der Waals surface area (Å²) in [5.41, 5.74) is 1.64. The topological polar surface area (TPSA) is 74.3 Å². The van der Waals surface area contributed by atoms with E-state index in [0.717, 1.165) is 17.7 Å². The lowest BCUT2D eigenvalue weighted by Crippen LogP contribution is -2.47. The standard InChI is InChI=1S/C18H18F2N4O2/c1-10(13-4-3-12(19)7-15(13)20)22-17(25)9-24-11(2)14-8-21-6-5-16(14)23-18(24)26/h3-8,10-11H,9H2,1-2H3,(H,22,25)(H,23,26)/t10-,11-/m0/s1. The zero-order valence-electron chi connectivity index (χ0n) is 14.3. The number of carbonyl (C=O) groups is 2. The van der Waals surface area contributed by atoms with E-state index in [4.69, 9.17) is 0 Å². The first-order valence-electron chi connectivity index (χ1n) is 8.12. The average molecular weight is 360 g/mol. The number of nitrogens with zero attached hydrogens (tertiary/aromatic N) is 2. The molecule has 3 rings (SSSR count). The fourth-order valence-electron chi connectivity index (χ4n) is 2.97. The average Bonchev–Trinajstić information content (AvgIpc) is 2.58. The van der Waals surface area contributed by atoms with Crippen LogP contribution in [0.15, 0.2) is 36.7 Å². The molecule has 0 bridgehead atoms. The number of hydrogen-bond acceptors (Lipinski definition) is 3. The second-order valence-electron chi connectivity index (χ2n) is 6.15. The number of amides is 3. The van der Waals surface area contributed by atoms with Gasteiger partial charge in [0.1, 0.15) is 18.2 Å². The molecule has 1 aliphatic rings. The minimum Gasteiger partial charge on any atom is -0.348 e. The quantitative estimate of drug-likeness (QED) is 0.880. The molecule has 26 heavy (non-hydrogen) atoms. The van der Waals surface area contributed by atoms with E-state index in [2.05, 4.69) is 15.6 Å². The van der Waals surface area contributed by atoms with Crippen LogP contribution in [-0.2, 0) is 4.79 Å². The summed E-state index contributed by atoms with van der Waals surface area (Å²) in [4.78, 5) is 30.0. The van der Waals surface area contributed by atoms with Crippen LogP contribution in [-0.4, -0.2) is 28.4 Å². The highest BCUT2D eigenvalue weighted by atomic mass is 19.1. The molecule has 8 heteroatoms. The first-order chi connectivity index (χ1) is 12.4. The van der Waals surface area contributed by atoms with Gasteiger partial charge in [-0.25, -0.2) is 13.6 Å². The molecule has 6 nitrogen and oxygen atoms in total. The first-order valence-corrected chi connectivity index (χ1v) is 8.12. The molecule has 2 atom stereocenters. The van der Waals surface area contributed by atoms with Gasteiger partial charge in [-0.05, 0) is 26.0 Å². The van der Waals surface area contributed by atoms with Crippen LogP contribution in [0.5, 0.6) is 0 Å². The molecule has 1 aliphatic heterocycles. The number of hydrogen-bond donors (Lipinski definition) is 2. The number of pyridine rings is 1. The maximum atomic E-state index is 13.8. The number of fused-ring (bicyclic) bond motifs is 1. The van der Waals surface area contributed by atoms with Crippen LogP contribution in [0.2, 0.25) is 0 Å². The maximum Gasteiger partial charge on any atom is 0.322 e. The molecular weight excluding hydrogens is 342 g/mol. The van der Waals surface area contributed by atoms with Crippen molar-refractivity contribution in [1.29, 1.82) is 0 Å². The van der Waals surface area contributed by atoms with Crippen LogP contribution >= 0.6 is 0 Å². The van der Waals surface area contributed by atoms with E-state index < -0.39 is 29.6 Å². The van der Waals surface area contributed by atoms with E-state index in [1.165, 1.54) is 11.0 Å². The Bertz CT molecular complexity index is 859. The number of rotatable bonds is 4. The number of anilines is 1. The molecule has 136 valence electrons. The van der Waals surface area contributed by atoms with E-state index in [1.807, 2.05) is 0 Å². The summed E-state index contributed by atoms with van der Waals surface area (Å²) in [7, 11) is 0. The molecular formula is C18H18F2N4O2. The van der Waals surface area contributed by atoms with Crippen molar-refractivity contribution in [3.05, 3.63) is 59.4 Å². The second-order valence-corrected chi connectivity index (χ2v) is 6.15. The molecule has 0 aliphatic carbocycles. The highest BCUT2D eigenvalue weighted by molar-refractivity contribution is 5.95. The SMILES string of the molecule is C[C@H](NC(=O)CN1C(=O)Nc2ccncc2[C@@H]1C)c1ccc(F)cc1F. The van der Waals surface area contributed by atoms with Crippen LogP contribution in [0.25, 0.3) is 0 Å². The molecule has 0 fully saturated rings. The summed E-state index contributed by atoms with van der Waals surface area (Å²) in [6.07, 6.45) is 3.22. The van der Waals surface area contributed by atoms with Gasteiger partial charge in [-0.15, -0.1) is 0 Å². The van der Waals surface area contributed by atoms with Crippen molar-refractivity contribution in [2.75, 3.05) is 11.9 Å². The molecule has 0 unspecified atom stereocenters. The number of aromatic nitrogens is 1. The van der Waals surface area contributed by atoms with Crippen LogP contribution in [0, 0.1) is 11.6 Å². The first kappa shape index (κ1) is 17.8. The third-order valence-corrected chi connectivity index (χ3v) is 4.39. The molecule has 1 aromatic carbocycles. The fraction of sp³-hybridized carbons (Fsp3) is 0.278. The van der Waals surface area contributed by atoms with Crippen molar-refractivity contribution < 1.29 is 18.4 Å². The molecule has 0 saturated heterocycles. The van der Waals surface area contributed by atoms with Crippen molar-refractivity contribution in [3.8, 4) is 0 Å². The Morgan fingerprint density at radius 3 is 2.88 bits per heavy atom. The smallest absolute Gasteiger partial charge is 0.322 e. The number of benzene rings is 1. The maximum absolute atomic E-state index is 13.8. The normalized spacial score (nSPS) is 17.3. The van der Waals surface area contributed by atoms with Crippen molar-refractivity contribution in [2.24, 2.45) is 0 Å². The predicted octanol–water partition coefficient (Wildman–Crippen LogP) is 3.15. The summed E-state index contributed by atoms with van der Waals surface area (Å²) in [5.74, 6) is -1.87. The fourth-order valence-corrected chi connectivity index (χ4v) is 2.97. The largest absolute Gasteiger partial charge is 0.348 e. The van der Waals surface area contributed by atoms with Gasteiger partial charge < -0.3 is 15.5 Å². The molecule has 2 N–H and O–H groups in total. The Labute approximate surface area is 149 Å². The summed E-state index contributed by atoms with van der Waals surface area (Å²) in [6.45, 7) is 3.19. The summed E-state index contributed by atoms with van der Waals surface area (Å²) < 4.78 is 26.8. The zero-order chi connectivity index (χ0) is 18.8. The molecule has 0 spiro atoms. The van der Waals surface area contributed by atoms with Gasteiger partial charge in [0.05, 0.1) is 17.8 Å². The highest BCUT2D eigenvalue weighted by Crippen LogP contribution is 2.31. The minimum absolute atomic E-state index is 0.172. The third-order valence-electron chi connectivity index (χ3n) is 4.39. The Morgan fingerprint density at radius 2 is 2.15 bits per heavy atom. The van der Waals surface area contributed by atoms with Gasteiger partial charge >= 0.3 is 6.03 Å². The van der Waals surface area contributed by atoms with Gasteiger partial charge in [0.15, 0.2) is 0 Å². The third kappa shape index (κ3) is 3.49. The predicted molar refractivity (Wildman–Crippen MR) is 91.3 cm³/mol. The molecule has 3 amide bonds. The number of urea groups is 1. The van der Waals surface area contributed by atoms with Gasteiger partial charge in [-0.3, -0.25) is 9.78 Å². The van der Waals surface area contributed by atoms with E-state index in [-0.39, 0.29) is 18.2 Å². The van der Waals surface area contributed by atoms with E-state index in [0.29, 0.717) is 5.69 Å². The van der Waals surface area contributed by atoms with Crippen LogP contribution in [0.4, 0.5) is 19.3 Å². The minimum atomic E-state index is -0.734. The van der Waals surface area contributed by atoms with Crippen LogP contribution < -0.4 is 10.6 Å². The van der Waals surface area contributed by atoms with Gasteiger partial charge in [-0.2, -0.15) is 0 Å². The summed E-state index contributed by atoms with van der Waals surface area (Å²) >= 11 is 0. The van der Waals surface area contributed by atoms with Gasteiger partial charge in [0, 0.05) is 29.6 Å². The lowest BCUT2D eigenvalue weighted by Gasteiger charge is -2.34. The lowest BCUT2D eigenvalue weighted by atomic mass is 10.0. The van der Waals surface area contributed by atoms with Crippen molar-refractivity contribution >= 4 is 17.6 Å². The second kappa shape index (κ2) is 7.07. The van der Waals surface area contributed by atoms with Gasteiger partial charge in [0.25, 0.3) is 0 Å². The van der Waals surface area contributed by atoms with E-state index in [1.54, 1.807) is 32.3 Å². The summed E-state index contributed by atoms with van der Waals surface area (Å²) in [6, 6.07) is 3.48. The molecule has 1 aromatic heterocycles. The van der Waals surface area contributed by atoms with Crippen molar-refractivity contribution in [2.45, 2.75) is 25.9 Å². The van der Waals surface area contributed by atoms with Crippen molar-refractivity contribution in [3.63, 3.8) is 0 Å². The molecule has 0 saturated carbocycles. The number of halogens is 2. The number of nitrogens with one attached hydrogen (secondary N) is 2. The van der Waals surface area contributed by atoms with E-state index in [9.17, 15) is 18.4 Å². The van der Waals surface area contributed by atoms with Gasteiger partial charge in [-0.1, -0.05) is 6.07 Å². The Morgan fingerprint density at radius 1 is 1.38 bits per heavy atom. The Kier molecular flexibility index (Phi) is 4.83.